The Morgan fingerprint density at radius 1 is 1.10 bits per heavy atom. The number of aromatic amines is 1. The van der Waals surface area contributed by atoms with Gasteiger partial charge in [0.1, 0.15) is 17.9 Å². The number of ether oxygens (including phenoxy) is 1. The molecule has 4 heterocycles. The van der Waals surface area contributed by atoms with Crippen LogP contribution in [0.2, 0.25) is 0 Å². The highest BCUT2D eigenvalue weighted by Crippen LogP contribution is 2.28. The number of likely N-dealkylation sites (tertiary alicyclic amines) is 2. The first-order valence-electron chi connectivity index (χ1n) is 10.3. The summed E-state index contributed by atoms with van der Waals surface area (Å²) >= 11 is 0. The van der Waals surface area contributed by atoms with Gasteiger partial charge in [-0.1, -0.05) is 18.2 Å². The van der Waals surface area contributed by atoms with Crippen molar-refractivity contribution in [2.75, 3.05) is 19.6 Å². The summed E-state index contributed by atoms with van der Waals surface area (Å²) in [6, 6.07) is 10.6. The van der Waals surface area contributed by atoms with Crippen LogP contribution in [0.15, 0.2) is 48.8 Å². The van der Waals surface area contributed by atoms with Gasteiger partial charge >= 0.3 is 0 Å². The molecule has 0 saturated carbocycles. The van der Waals surface area contributed by atoms with Gasteiger partial charge in [0.25, 0.3) is 5.91 Å². The van der Waals surface area contributed by atoms with Crippen LogP contribution in [-0.4, -0.2) is 68.6 Å². The predicted molar refractivity (Wildman–Crippen MR) is 110 cm³/mol. The van der Waals surface area contributed by atoms with Crippen molar-refractivity contribution >= 4 is 22.7 Å². The van der Waals surface area contributed by atoms with E-state index in [1.54, 1.807) is 23.4 Å². The molecule has 2 fully saturated rings. The van der Waals surface area contributed by atoms with Gasteiger partial charge in [0.15, 0.2) is 5.69 Å². The normalized spacial score (nSPS) is 21.3. The van der Waals surface area contributed by atoms with Crippen LogP contribution in [0.1, 0.15) is 29.8 Å². The van der Waals surface area contributed by atoms with Crippen molar-refractivity contribution in [1.82, 2.24) is 25.0 Å². The van der Waals surface area contributed by atoms with E-state index < -0.39 is 6.04 Å². The molecule has 8 heteroatoms. The molecule has 2 saturated heterocycles. The SMILES string of the molecule is O=C([C@@H]1C[C@H](Oc2cccnc2)CN1C(=O)c1n[nH]c2ccccc12)N1CCCC1. The first-order valence-corrected chi connectivity index (χ1v) is 10.3. The third-order valence-electron chi connectivity index (χ3n) is 5.84. The van der Waals surface area contributed by atoms with Crippen LogP contribution in [0.25, 0.3) is 10.9 Å². The third-order valence-corrected chi connectivity index (χ3v) is 5.84. The van der Waals surface area contributed by atoms with Gasteiger partial charge in [0, 0.05) is 31.1 Å². The van der Waals surface area contributed by atoms with Gasteiger partial charge in [0.2, 0.25) is 5.91 Å². The average Bonchev–Trinajstić information content (AvgIpc) is 3.53. The zero-order valence-electron chi connectivity index (χ0n) is 16.5. The second kappa shape index (κ2) is 7.78. The van der Waals surface area contributed by atoms with Crippen molar-refractivity contribution in [2.24, 2.45) is 0 Å². The molecule has 0 spiro atoms. The Labute approximate surface area is 173 Å². The number of hydrogen-bond acceptors (Lipinski definition) is 5. The van der Waals surface area contributed by atoms with Gasteiger partial charge in [-0.05, 0) is 31.0 Å². The molecule has 5 rings (SSSR count). The molecule has 3 aromatic rings. The molecule has 2 aliphatic heterocycles. The van der Waals surface area contributed by atoms with E-state index in [2.05, 4.69) is 15.2 Å². The maximum absolute atomic E-state index is 13.5. The Bertz CT molecular complexity index is 1060. The number of para-hydroxylation sites is 1. The van der Waals surface area contributed by atoms with E-state index in [4.69, 9.17) is 4.74 Å². The summed E-state index contributed by atoms with van der Waals surface area (Å²) in [4.78, 5) is 34.3. The van der Waals surface area contributed by atoms with E-state index in [9.17, 15) is 9.59 Å². The van der Waals surface area contributed by atoms with Crippen LogP contribution in [0, 0.1) is 0 Å². The molecule has 2 aliphatic rings. The van der Waals surface area contributed by atoms with E-state index >= 15 is 0 Å². The summed E-state index contributed by atoms with van der Waals surface area (Å²) in [5.41, 5.74) is 1.14. The van der Waals surface area contributed by atoms with Crippen LogP contribution in [0.4, 0.5) is 0 Å². The second-order valence-electron chi connectivity index (χ2n) is 7.79. The Morgan fingerprint density at radius 3 is 2.73 bits per heavy atom. The topological polar surface area (TPSA) is 91.4 Å². The minimum Gasteiger partial charge on any atom is -0.487 e. The number of amides is 2. The fourth-order valence-electron chi connectivity index (χ4n) is 4.36. The minimum absolute atomic E-state index is 0.00187. The summed E-state index contributed by atoms with van der Waals surface area (Å²) in [7, 11) is 0. The summed E-state index contributed by atoms with van der Waals surface area (Å²) in [6.45, 7) is 1.83. The molecule has 30 heavy (non-hydrogen) atoms. The lowest BCUT2D eigenvalue weighted by atomic mass is 10.1. The van der Waals surface area contributed by atoms with Gasteiger partial charge < -0.3 is 14.5 Å². The van der Waals surface area contributed by atoms with Crippen LogP contribution in [-0.2, 0) is 4.79 Å². The first kappa shape index (κ1) is 18.6. The Hall–Kier alpha value is -3.42. The van der Waals surface area contributed by atoms with E-state index in [1.165, 1.54) is 0 Å². The number of aromatic nitrogens is 3. The monoisotopic (exact) mass is 405 g/mol. The fourth-order valence-corrected chi connectivity index (χ4v) is 4.36. The summed E-state index contributed by atoms with van der Waals surface area (Å²) < 4.78 is 6.05. The molecular formula is C22H23N5O3. The quantitative estimate of drug-likeness (QED) is 0.719. The fraction of sp³-hybridized carbons (Fsp3) is 0.364. The number of benzene rings is 1. The lowest BCUT2D eigenvalue weighted by Crippen LogP contribution is -2.47. The van der Waals surface area contributed by atoms with Crippen molar-refractivity contribution in [3.63, 3.8) is 0 Å². The van der Waals surface area contributed by atoms with Crippen molar-refractivity contribution < 1.29 is 14.3 Å². The van der Waals surface area contributed by atoms with E-state index in [0.717, 1.165) is 36.8 Å². The molecule has 2 amide bonds. The smallest absolute Gasteiger partial charge is 0.275 e. The zero-order valence-corrected chi connectivity index (χ0v) is 16.5. The van der Waals surface area contributed by atoms with Crippen molar-refractivity contribution in [3.8, 4) is 5.75 Å². The molecule has 2 aromatic heterocycles. The molecule has 1 N–H and O–H groups in total. The summed E-state index contributed by atoms with van der Waals surface area (Å²) in [5, 5.41) is 7.91. The third kappa shape index (κ3) is 3.38. The Morgan fingerprint density at radius 2 is 1.93 bits per heavy atom. The van der Waals surface area contributed by atoms with Gasteiger partial charge in [-0.15, -0.1) is 0 Å². The first-order chi connectivity index (χ1) is 14.7. The van der Waals surface area contributed by atoms with Crippen molar-refractivity contribution in [1.29, 1.82) is 0 Å². The summed E-state index contributed by atoms with van der Waals surface area (Å²) in [5.74, 6) is 0.384. The molecule has 0 radical (unpaired) electrons. The number of pyridine rings is 1. The molecule has 8 nitrogen and oxygen atoms in total. The molecule has 0 bridgehead atoms. The van der Waals surface area contributed by atoms with Crippen LogP contribution in [0.5, 0.6) is 5.75 Å². The summed E-state index contributed by atoms with van der Waals surface area (Å²) in [6.07, 6.45) is 5.51. The molecular weight excluding hydrogens is 382 g/mol. The maximum atomic E-state index is 13.5. The Balaban J connectivity index is 1.43. The predicted octanol–water partition coefficient (Wildman–Crippen LogP) is 2.24. The number of fused-ring (bicyclic) bond motifs is 1. The lowest BCUT2D eigenvalue weighted by Gasteiger charge is -2.26. The van der Waals surface area contributed by atoms with Crippen LogP contribution in [0.3, 0.4) is 0 Å². The van der Waals surface area contributed by atoms with Crippen LogP contribution >= 0.6 is 0 Å². The number of carbonyl (C=O) groups is 2. The number of rotatable bonds is 4. The largest absolute Gasteiger partial charge is 0.487 e. The van der Waals surface area contributed by atoms with Crippen molar-refractivity contribution in [2.45, 2.75) is 31.4 Å². The number of nitrogens with one attached hydrogen (secondary N) is 1. The molecule has 1 aromatic carbocycles. The number of H-pyrrole nitrogens is 1. The molecule has 0 unspecified atom stereocenters. The number of carbonyl (C=O) groups excluding carboxylic acids is 2. The van der Waals surface area contributed by atoms with E-state index in [0.29, 0.717) is 24.4 Å². The lowest BCUT2D eigenvalue weighted by molar-refractivity contribution is -0.134. The second-order valence-corrected chi connectivity index (χ2v) is 7.79. The molecule has 154 valence electrons. The highest BCUT2D eigenvalue weighted by atomic mass is 16.5. The van der Waals surface area contributed by atoms with E-state index in [1.807, 2.05) is 35.2 Å². The standard InChI is InChI=1S/C22H23N5O3/c28-21(26-10-3-4-11-26)19-12-16(30-15-6-5-9-23-13-15)14-27(19)22(29)20-17-7-1-2-8-18(17)24-25-20/h1-2,5-9,13,16,19H,3-4,10-12,14H2,(H,24,25)/t16-,19-/m0/s1. The highest BCUT2D eigenvalue weighted by Gasteiger charge is 2.43. The average molecular weight is 405 g/mol. The van der Waals surface area contributed by atoms with Gasteiger partial charge in [-0.3, -0.25) is 19.7 Å². The maximum Gasteiger partial charge on any atom is 0.275 e. The van der Waals surface area contributed by atoms with Gasteiger partial charge in [0.05, 0.1) is 18.3 Å². The molecule has 0 aliphatic carbocycles. The van der Waals surface area contributed by atoms with Crippen molar-refractivity contribution in [3.05, 3.63) is 54.5 Å². The van der Waals surface area contributed by atoms with Gasteiger partial charge in [-0.2, -0.15) is 5.10 Å². The zero-order chi connectivity index (χ0) is 20.5. The van der Waals surface area contributed by atoms with Crippen LogP contribution < -0.4 is 4.74 Å². The minimum atomic E-state index is -0.548. The highest BCUT2D eigenvalue weighted by molar-refractivity contribution is 6.06. The van der Waals surface area contributed by atoms with Gasteiger partial charge in [-0.25, -0.2) is 0 Å². The van der Waals surface area contributed by atoms with E-state index in [-0.39, 0.29) is 17.9 Å². The molecule has 2 atom stereocenters. The number of hydrogen-bond donors (Lipinski definition) is 1. The number of nitrogens with zero attached hydrogens (tertiary/aromatic N) is 4. The Kier molecular flexibility index (Phi) is 4.82.